The van der Waals surface area contributed by atoms with Crippen molar-refractivity contribution in [2.75, 3.05) is 0 Å². The molecule has 2 aromatic carbocycles. The van der Waals surface area contributed by atoms with E-state index in [1.807, 2.05) is 0 Å². The maximum atomic E-state index is 13.2. The summed E-state index contributed by atoms with van der Waals surface area (Å²) in [6.07, 6.45) is 0.180. The van der Waals surface area contributed by atoms with Gasteiger partial charge in [0.2, 0.25) is 0 Å². The van der Waals surface area contributed by atoms with E-state index in [2.05, 4.69) is 10.2 Å². The highest BCUT2D eigenvalue weighted by molar-refractivity contribution is 5.90. The standard InChI is InChI=1S/C16H11FN2O3/c17-10-6-5-9(13(8-10)16(21)22)7-14-11-3-1-2-4-12(11)15(20)19-18-14/h1-6,8H,7H2,(H,19,20)(H,21,22). The maximum Gasteiger partial charge on any atom is 0.336 e. The molecule has 0 aliphatic carbocycles. The molecule has 0 amide bonds. The van der Waals surface area contributed by atoms with Crippen LogP contribution in [-0.4, -0.2) is 21.3 Å². The van der Waals surface area contributed by atoms with Crippen LogP contribution in [0.5, 0.6) is 0 Å². The highest BCUT2D eigenvalue weighted by Crippen LogP contribution is 2.19. The number of H-pyrrole nitrogens is 1. The number of rotatable bonds is 3. The SMILES string of the molecule is O=C(O)c1cc(F)ccc1Cc1n[nH]c(=O)c2ccccc12. The van der Waals surface area contributed by atoms with Crippen LogP contribution in [0.2, 0.25) is 0 Å². The Kier molecular flexibility index (Phi) is 3.42. The van der Waals surface area contributed by atoms with E-state index in [-0.39, 0.29) is 17.5 Å². The van der Waals surface area contributed by atoms with Crippen LogP contribution in [0.1, 0.15) is 21.6 Å². The van der Waals surface area contributed by atoms with Gasteiger partial charge in [0.05, 0.1) is 16.6 Å². The molecule has 2 N–H and O–H groups in total. The van der Waals surface area contributed by atoms with Crippen LogP contribution in [0.4, 0.5) is 4.39 Å². The molecule has 0 bridgehead atoms. The summed E-state index contributed by atoms with van der Waals surface area (Å²) in [7, 11) is 0. The van der Waals surface area contributed by atoms with Crippen molar-refractivity contribution in [3.05, 3.63) is 75.5 Å². The second kappa shape index (κ2) is 5.40. The van der Waals surface area contributed by atoms with E-state index in [4.69, 9.17) is 0 Å². The van der Waals surface area contributed by atoms with Crippen LogP contribution in [0, 0.1) is 5.82 Å². The second-order valence-electron chi connectivity index (χ2n) is 4.83. The van der Waals surface area contributed by atoms with E-state index < -0.39 is 11.8 Å². The first kappa shape index (κ1) is 13.9. The second-order valence-corrected chi connectivity index (χ2v) is 4.83. The number of aromatic amines is 1. The lowest BCUT2D eigenvalue weighted by Crippen LogP contribution is -2.12. The smallest absolute Gasteiger partial charge is 0.336 e. The highest BCUT2D eigenvalue weighted by atomic mass is 19.1. The molecule has 3 aromatic rings. The molecule has 5 nitrogen and oxygen atoms in total. The molecule has 1 aromatic heterocycles. The molecular formula is C16H11FN2O3. The number of hydrogen-bond donors (Lipinski definition) is 2. The largest absolute Gasteiger partial charge is 0.478 e. The summed E-state index contributed by atoms with van der Waals surface area (Å²) in [6.45, 7) is 0. The Hall–Kier alpha value is -3.02. The molecule has 0 radical (unpaired) electrons. The van der Waals surface area contributed by atoms with Crippen molar-refractivity contribution in [2.45, 2.75) is 6.42 Å². The van der Waals surface area contributed by atoms with E-state index in [1.54, 1.807) is 24.3 Å². The van der Waals surface area contributed by atoms with Crippen LogP contribution in [0.15, 0.2) is 47.3 Å². The van der Waals surface area contributed by atoms with E-state index in [0.29, 0.717) is 22.0 Å². The number of benzene rings is 2. The van der Waals surface area contributed by atoms with Crippen LogP contribution in [-0.2, 0) is 6.42 Å². The number of carboxylic acid groups (broad SMARTS) is 1. The van der Waals surface area contributed by atoms with Gasteiger partial charge in [0.1, 0.15) is 5.82 Å². The highest BCUT2D eigenvalue weighted by Gasteiger charge is 2.14. The van der Waals surface area contributed by atoms with Crippen molar-refractivity contribution in [3.8, 4) is 0 Å². The molecule has 110 valence electrons. The first-order chi connectivity index (χ1) is 10.6. The zero-order valence-electron chi connectivity index (χ0n) is 11.3. The van der Waals surface area contributed by atoms with Crippen molar-refractivity contribution < 1.29 is 14.3 Å². The third kappa shape index (κ3) is 2.46. The molecule has 0 saturated carbocycles. The Morgan fingerprint density at radius 1 is 1.18 bits per heavy atom. The minimum atomic E-state index is -1.21. The van der Waals surface area contributed by atoms with Crippen molar-refractivity contribution >= 4 is 16.7 Å². The van der Waals surface area contributed by atoms with E-state index in [9.17, 15) is 19.1 Å². The van der Waals surface area contributed by atoms with Gasteiger partial charge in [-0.2, -0.15) is 5.10 Å². The number of hydrogen-bond acceptors (Lipinski definition) is 3. The number of aromatic nitrogens is 2. The number of aromatic carboxylic acids is 1. The Bertz CT molecular complexity index is 934. The third-order valence-corrected chi connectivity index (χ3v) is 3.44. The van der Waals surface area contributed by atoms with Gasteiger partial charge < -0.3 is 5.11 Å². The van der Waals surface area contributed by atoms with Crippen molar-refractivity contribution in [1.29, 1.82) is 0 Å². The zero-order chi connectivity index (χ0) is 15.7. The number of carbonyl (C=O) groups is 1. The Morgan fingerprint density at radius 3 is 2.64 bits per heavy atom. The van der Waals surface area contributed by atoms with Gasteiger partial charge in [-0.3, -0.25) is 4.79 Å². The van der Waals surface area contributed by atoms with Gasteiger partial charge in [-0.25, -0.2) is 14.3 Å². The van der Waals surface area contributed by atoms with Crippen LogP contribution >= 0.6 is 0 Å². The monoisotopic (exact) mass is 298 g/mol. The van der Waals surface area contributed by atoms with Gasteiger partial charge in [0, 0.05) is 11.8 Å². The van der Waals surface area contributed by atoms with E-state index in [1.165, 1.54) is 12.1 Å². The summed E-state index contributed by atoms with van der Waals surface area (Å²) in [6, 6.07) is 10.5. The van der Waals surface area contributed by atoms with Gasteiger partial charge >= 0.3 is 5.97 Å². The molecule has 1 heterocycles. The van der Waals surface area contributed by atoms with Gasteiger partial charge in [0.25, 0.3) is 5.56 Å². The molecule has 0 saturated heterocycles. The Morgan fingerprint density at radius 2 is 1.91 bits per heavy atom. The summed E-state index contributed by atoms with van der Waals surface area (Å²) in [5, 5.41) is 16.7. The predicted molar refractivity (Wildman–Crippen MR) is 78.5 cm³/mol. The summed E-state index contributed by atoms with van der Waals surface area (Å²) >= 11 is 0. The molecule has 0 fully saturated rings. The number of nitrogens with one attached hydrogen (secondary N) is 1. The minimum absolute atomic E-state index is 0.114. The average Bonchev–Trinajstić information content (AvgIpc) is 2.51. The predicted octanol–water partition coefficient (Wildman–Crippen LogP) is 2.35. The minimum Gasteiger partial charge on any atom is -0.478 e. The van der Waals surface area contributed by atoms with Gasteiger partial charge in [-0.1, -0.05) is 24.3 Å². The molecule has 0 aliphatic rings. The van der Waals surface area contributed by atoms with Crippen LogP contribution in [0.25, 0.3) is 10.8 Å². The zero-order valence-corrected chi connectivity index (χ0v) is 11.3. The Labute approximate surface area is 124 Å². The van der Waals surface area contributed by atoms with Crippen molar-refractivity contribution in [2.24, 2.45) is 0 Å². The average molecular weight is 298 g/mol. The molecule has 0 aliphatic heterocycles. The molecule has 0 spiro atoms. The number of carboxylic acids is 1. The number of nitrogens with zero attached hydrogens (tertiary/aromatic N) is 1. The van der Waals surface area contributed by atoms with Crippen molar-refractivity contribution in [3.63, 3.8) is 0 Å². The summed E-state index contributed by atoms with van der Waals surface area (Å²) < 4.78 is 13.2. The van der Waals surface area contributed by atoms with Crippen molar-refractivity contribution in [1.82, 2.24) is 10.2 Å². The van der Waals surface area contributed by atoms with Gasteiger partial charge in [-0.05, 0) is 23.8 Å². The quantitative estimate of drug-likeness (QED) is 0.777. The fraction of sp³-hybridized carbons (Fsp3) is 0.0625. The Balaban J connectivity index is 2.14. The first-order valence-electron chi connectivity index (χ1n) is 6.54. The lowest BCUT2D eigenvalue weighted by Gasteiger charge is -2.08. The maximum absolute atomic E-state index is 13.2. The summed E-state index contributed by atoms with van der Waals surface area (Å²) in [4.78, 5) is 23.0. The summed E-state index contributed by atoms with van der Waals surface area (Å²) in [5.41, 5.74) is 0.539. The van der Waals surface area contributed by atoms with Crippen LogP contribution in [0.3, 0.4) is 0 Å². The normalized spacial score (nSPS) is 10.8. The molecule has 22 heavy (non-hydrogen) atoms. The topological polar surface area (TPSA) is 83.0 Å². The first-order valence-corrected chi connectivity index (χ1v) is 6.54. The summed E-state index contributed by atoms with van der Waals surface area (Å²) in [5.74, 6) is -1.82. The lowest BCUT2D eigenvalue weighted by molar-refractivity contribution is 0.0695. The van der Waals surface area contributed by atoms with Crippen LogP contribution < -0.4 is 5.56 Å². The molecule has 0 atom stereocenters. The molecule has 3 rings (SSSR count). The number of fused-ring (bicyclic) bond motifs is 1. The third-order valence-electron chi connectivity index (χ3n) is 3.44. The number of halogens is 1. The lowest BCUT2D eigenvalue weighted by atomic mass is 10.00. The fourth-order valence-corrected chi connectivity index (χ4v) is 2.39. The van der Waals surface area contributed by atoms with E-state index in [0.717, 1.165) is 6.07 Å². The van der Waals surface area contributed by atoms with Gasteiger partial charge in [-0.15, -0.1) is 0 Å². The van der Waals surface area contributed by atoms with Gasteiger partial charge in [0.15, 0.2) is 0 Å². The van der Waals surface area contributed by atoms with E-state index >= 15 is 0 Å². The molecule has 0 unspecified atom stereocenters. The fourth-order valence-electron chi connectivity index (χ4n) is 2.39. The molecule has 6 heteroatoms. The molecular weight excluding hydrogens is 287 g/mol.